The second kappa shape index (κ2) is 8.40. The largest absolute Gasteiger partial charge is 0.493 e. The van der Waals surface area contributed by atoms with E-state index in [0.29, 0.717) is 32.6 Å². The van der Waals surface area contributed by atoms with Gasteiger partial charge in [0.2, 0.25) is 5.76 Å². The zero-order chi connectivity index (χ0) is 16.7. The number of amides is 1. The Morgan fingerprint density at radius 3 is 2.83 bits per heavy atom. The molecule has 0 aliphatic carbocycles. The highest BCUT2D eigenvalue weighted by atomic mass is 16.6. The monoisotopic (exact) mass is 327 g/mol. The molecule has 2 aliphatic rings. The lowest BCUT2D eigenvalue weighted by Gasteiger charge is -2.31. The molecule has 2 rings (SSSR count). The third-order valence-corrected chi connectivity index (χ3v) is 3.57. The van der Waals surface area contributed by atoms with E-state index in [4.69, 9.17) is 18.9 Å². The Hall–Kier alpha value is -2.25. The Labute approximate surface area is 134 Å². The van der Waals surface area contributed by atoms with Crippen LogP contribution in [0.25, 0.3) is 0 Å². The molecule has 128 valence electrons. The minimum absolute atomic E-state index is 0.0490. The molecule has 1 atom stereocenters. The van der Waals surface area contributed by atoms with Gasteiger partial charge in [-0.1, -0.05) is 0 Å². The van der Waals surface area contributed by atoms with Crippen LogP contribution in [-0.4, -0.2) is 62.3 Å². The van der Waals surface area contributed by atoms with Crippen molar-refractivity contribution < 1.29 is 33.3 Å². The van der Waals surface area contributed by atoms with Gasteiger partial charge in [0.1, 0.15) is 19.5 Å². The highest BCUT2D eigenvalue weighted by molar-refractivity contribution is 5.88. The van der Waals surface area contributed by atoms with Gasteiger partial charge in [-0.2, -0.15) is 0 Å². The molecule has 0 aromatic heterocycles. The quantitative estimate of drug-likeness (QED) is 0.667. The van der Waals surface area contributed by atoms with Crippen LogP contribution >= 0.6 is 0 Å². The molecule has 8 heteroatoms. The Bertz CT molecular complexity index is 488. The molecule has 0 aromatic carbocycles. The zero-order valence-electron chi connectivity index (χ0n) is 13.1. The van der Waals surface area contributed by atoms with Gasteiger partial charge < -0.3 is 23.8 Å². The minimum Gasteiger partial charge on any atom is -0.493 e. The van der Waals surface area contributed by atoms with Crippen molar-refractivity contribution in [2.45, 2.75) is 19.8 Å². The molecule has 2 heterocycles. The van der Waals surface area contributed by atoms with Crippen LogP contribution in [0, 0.1) is 5.92 Å². The van der Waals surface area contributed by atoms with Crippen LogP contribution in [0.1, 0.15) is 19.8 Å². The molecule has 0 aromatic rings. The average molecular weight is 327 g/mol. The van der Waals surface area contributed by atoms with Crippen molar-refractivity contribution >= 4 is 17.8 Å². The summed E-state index contributed by atoms with van der Waals surface area (Å²) in [5.74, 6) is -1.74. The van der Waals surface area contributed by atoms with Gasteiger partial charge in [-0.05, 0) is 19.8 Å². The first-order valence-corrected chi connectivity index (χ1v) is 7.68. The van der Waals surface area contributed by atoms with E-state index in [1.165, 1.54) is 11.2 Å². The van der Waals surface area contributed by atoms with E-state index in [-0.39, 0.29) is 36.7 Å². The molecule has 0 radical (unpaired) electrons. The Balaban J connectivity index is 1.79. The lowest BCUT2D eigenvalue weighted by Crippen LogP contribution is -2.44. The van der Waals surface area contributed by atoms with Crippen molar-refractivity contribution in [1.82, 2.24) is 4.90 Å². The zero-order valence-corrected chi connectivity index (χ0v) is 13.1. The van der Waals surface area contributed by atoms with Gasteiger partial charge >= 0.3 is 11.9 Å². The fourth-order valence-corrected chi connectivity index (χ4v) is 2.42. The van der Waals surface area contributed by atoms with E-state index in [9.17, 15) is 14.4 Å². The van der Waals surface area contributed by atoms with Gasteiger partial charge in [0.15, 0.2) is 6.61 Å². The van der Waals surface area contributed by atoms with Gasteiger partial charge in [-0.15, -0.1) is 0 Å². The molecule has 0 N–H and O–H groups in total. The Morgan fingerprint density at radius 2 is 2.13 bits per heavy atom. The number of carbonyl (C=O) groups is 3. The number of nitrogens with zero attached hydrogens (tertiary/aromatic N) is 1. The highest BCUT2D eigenvalue weighted by Gasteiger charge is 2.30. The molecule has 2 aliphatic heterocycles. The second-order valence-corrected chi connectivity index (χ2v) is 5.21. The molecule has 0 spiro atoms. The number of rotatable bonds is 5. The molecule has 1 amide bonds. The van der Waals surface area contributed by atoms with Crippen LogP contribution in [0.15, 0.2) is 12.0 Å². The summed E-state index contributed by atoms with van der Waals surface area (Å²) in [5.41, 5.74) is 0. The van der Waals surface area contributed by atoms with Crippen molar-refractivity contribution in [3.63, 3.8) is 0 Å². The summed E-state index contributed by atoms with van der Waals surface area (Å²) in [6, 6.07) is 0. The van der Waals surface area contributed by atoms with Gasteiger partial charge in [0, 0.05) is 13.1 Å². The first-order chi connectivity index (χ1) is 11.1. The van der Waals surface area contributed by atoms with Crippen molar-refractivity contribution in [3.8, 4) is 0 Å². The maximum atomic E-state index is 12.1. The van der Waals surface area contributed by atoms with Crippen LogP contribution in [0.3, 0.4) is 0 Å². The predicted octanol–water partition coefficient (Wildman–Crippen LogP) is 0.220. The van der Waals surface area contributed by atoms with E-state index >= 15 is 0 Å². The molecule has 0 bridgehead atoms. The summed E-state index contributed by atoms with van der Waals surface area (Å²) in [6.45, 7) is 3.13. The van der Waals surface area contributed by atoms with E-state index in [2.05, 4.69) is 0 Å². The van der Waals surface area contributed by atoms with Gasteiger partial charge in [0.05, 0.1) is 12.5 Å². The second-order valence-electron chi connectivity index (χ2n) is 5.21. The molecule has 1 fully saturated rings. The van der Waals surface area contributed by atoms with Crippen LogP contribution in [0.2, 0.25) is 0 Å². The smallest absolute Gasteiger partial charge is 0.377 e. The van der Waals surface area contributed by atoms with E-state index in [1.54, 1.807) is 6.92 Å². The summed E-state index contributed by atoms with van der Waals surface area (Å²) in [5, 5.41) is 0. The summed E-state index contributed by atoms with van der Waals surface area (Å²) < 4.78 is 19.9. The number of piperidine rings is 1. The maximum Gasteiger partial charge on any atom is 0.377 e. The third kappa shape index (κ3) is 4.87. The minimum atomic E-state index is -0.739. The summed E-state index contributed by atoms with van der Waals surface area (Å²) in [7, 11) is 0. The average Bonchev–Trinajstić information content (AvgIpc) is 2.60. The van der Waals surface area contributed by atoms with Crippen LogP contribution in [0.4, 0.5) is 0 Å². The van der Waals surface area contributed by atoms with E-state index in [1.807, 2.05) is 0 Å². The molecule has 23 heavy (non-hydrogen) atoms. The summed E-state index contributed by atoms with van der Waals surface area (Å²) >= 11 is 0. The molecule has 1 saturated heterocycles. The Morgan fingerprint density at radius 1 is 1.30 bits per heavy atom. The first-order valence-electron chi connectivity index (χ1n) is 7.68. The lowest BCUT2D eigenvalue weighted by molar-refractivity contribution is -0.156. The lowest BCUT2D eigenvalue weighted by atomic mass is 9.98. The molecular weight excluding hydrogens is 306 g/mol. The highest BCUT2D eigenvalue weighted by Crippen LogP contribution is 2.18. The number of hydrogen-bond donors (Lipinski definition) is 0. The van der Waals surface area contributed by atoms with Gasteiger partial charge in [0.25, 0.3) is 5.91 Å². The van der Waals surface area contributed by atoms with Crippen molar-refractivity contribution in [1.29, 1.82) is 0 Å². The van der Waals surface area contributed by atoms with Crippen LogP contribution < -0.4 is 0 Å². The summed E-state index contributed by atoms with van der Waals surface area (Å²) in [6.07, 6.45) is 2.58. The number of hydrogen-bond acceptors (Lipinski definition) is 7. The fraction of sp³-hybridized carbons (Fsp3) is 0.667. The van der Waals surface area contributed by atoms with E-state index < -0.39 is 12.6 Å². The maximum absolute atomic E-state index is 12.1. The molecule has 8 nitrogen and oxygen atoms in total. The standard InChI is InChI=1S/C15H21NO7/c1-2-21-14(18)11-4-3-5-16(8-11)13(17)10-23-15(19)12-9-20-6-7-22-12/h9,11H,2-8,10H2,1H3/t11-/m1/s1. The predicted molar refractivity (Wildman–Crippen MR) is 76.9 cm³/mol. The molecule has 0 saturated carbocycles. The van der Waals surface area contributed by atoms with Crippen molar-refractivity contribution in [3.05, 3.63) is 12.0 Å². The fourth-order valence-electron chi connectivity index (χ4n) is 2.42. The number of ether oxygens (including phenoxy) is 4. The normalized spacial score (nSPS) is 20.7. The topological polar surface area (TPSA) is 91.4 Å². The number of carbonyl (C=O) groups excluding carboxylic acids is 3. The number of likely N-dealkylation sites (tertiary alicyclic amines) is 1. The van der Waals surface area contributed by atoms with Crippen molar-refractivity contribution in [2.24, 2.45) is 5.92 Å². The van der Waals surface area contributed by atoms with Crippen LogP contribution in [0.5, 0.6) is 0 Å². The van der Waals surface area contributed by atoms with Crippen molar-refractivity contribution in [2.75, 3.05) is 39.5 Å². The van der Waals surface area contributed by atoms with Gasteiger partial charge in [-0.3, -0.25) is 9.59 Å². The SMILES string of the molecule is CCOC(=O)[C@@H]1CCCN(C(=O)COC(=O)C2=COCCO2)C1. The third-order valence-electron chi connectivity index (χ3n) is 3.57. The molecular formula is C15H21NO7. The number of esters is 2. The Kier molecular flexibility index (Phi) is 6.25. The summed E-state index contributed by atoms with van der Waals surface area (Å²) in [4.78, 5) is 37.1. The van der Waals surface area contributed by atoms with Crippen LogP contribution in [-0.2, 0) is 33.3 Å². The first kappa shape index (κ1) is 17.1. The van der Waals surface area contributed by atoms with E-state index in [0.717, 1.165) is 0 Å². The molecule has 0 unspecified atom stereocenters. The van der Waals surface area contributed by atoms with Gasteiger partial charge in [-0.25, -0.2) is 4.79 Å².